The van der Waals surface area contributed by atoms with Crippen LogP contribution in [0.2, 0.25) is 0 Å². The van der Waals surface area contributed by atoms with Gasteiger partial charge in [-0.25, -0.2) is 4.99 Å². The molecule has 1 saturated heterocycles. The molecule has 0 bridgehead atoms. The second-order valence-corrected chi connectivity index (χ2v) is 6.03. The van der Waals surface area contributed by atoms with Crippen LogP contribution in [0.3, 0.4) is 0 Å². The number of nitrogens with two attached hydrogens (primary N) is 2. The Hall–Kier alpha value is -2.45. The molecule has 1 atom stereocenters. The van der Waals surface area contributed by atoms with Gasteiger partial charge in [0.2, 0.25) is 5.96 Å². The molecule has 1 aliphatic heterocycles. The van der Waals surface area contributed by atoms with Gasteiger partial charge in [-0.05, 0) is 36.5 Å². The third kappa shape index (κ3) is 6.52. The van der Waals surface area contributed by atoms with Gasteiger partial charge >= 0.3 is 6.36 Å². The average molecular weight is 357 g/mol. The second-order valence-electron chi connectivity index (χ2n) is 6.03. The van der Waals surface area contributed by atoms with Gasteiger partial charge in [-0.3, -0.25) is 0 Å². The van der Waals surface area contributed by atoms with E-state index >= 15 is 0 Å². The second kappa shape index (κ2) is 8.09. The van der Waals surface area contributed by atoms with Gasteiger partial charge in [0, 0.05) is 13.1 Å². The van der Waals surface area contributed by atoms with E-state index in [4.69, 9.17) is 11.5 Å². The molecule has 1 unspecified atom stereocenters. The van der Waals surface area contributed by atoms with E-state index in [1.807, 2.05) is 4.90 Å². The number of rotatable bonds is 3. The molecule has 1 heterocycles. The Morgan fingerprint density at radius 2 is 1.96 bits per heavy atom. The number of guanidine groups is 2. The lowest BCUT2D eigenvalue weighted by Gasteiger charge is -2.31. The number of benzene rings is 1. The van der Waals surface area contributed by atoms with Crippen molar-refractivity contribution in [1.29, 1.82) is 0 Å². The molecule has 1 aromatic carbocycles. The number of aliphatic imine (C=N–C) groups is 2. The zero-order chi connectivity index (χ0) is 18.4. The number of hydrogen-bond donors (Lipinski definition) is 2. The Kier molecular flexibility index (Phi) is 6.11. The molecule has 1 aromatic rings. The third-order valence-electron chi connectivity index (χ3n) is 3.79. The van der Waals surface area contributed by atoms with Crippen molar-refractivity contribution < 1.29 is 17.9 Å². The largest absolute Gasteiger partial charge is 0.573 e. The Morgan fingerprint density at radius 1 is 1.28 bits per heavy atom. The molecular weight excluding hydrogens is 335 g/mol. The van der Waals surface area contributed by atoms with Crippen molar-refractivity contribution in [1.82, 2.24) is 4.90 Å². The highest BCUT2D eigenvalue weighted by Gasteiger charge is 2.30. The molecule has 138 valence electrons. The molecule has 1 aliphatic rings. The predicted molar refractivity (Wildman–Crippen MR) is 90.0 cm³/mol. The number of halogens is 3. The van der Waals surface area contributed by atoms with Crippen LogP contribution < -0.4 is 16.2 Å². The summed E-state index contributed by atoms with van der Waals surface area (Å²) in [7, 11) is 0. The molecule has 0 aromatic heterocycles. The molecule has 1 fully saturated rings. The molecule has 0 radical (unpaired) electrons. The molecule has 6 nitrogen and oxygen atoms in total. The lowest BCUT2D eigenvalue weighted by molar-refractivity contribution is -0.274. The van der Waals surface area contributed by atoms with Gasteiger partial charge in [-0.15, -0.1) is 13.2 Å². The zero-order valence-electron chi connectivity index (χ0n) is 14.0. The van der Waals surface area contributed by atoms with E-state index in [0.717, 1.165) is 19.5 Å². The van der Waals surface area contributed by atoms with Gasteiger partial charge in [-0.2, -0.15) is 4.99 Å². The van der Waals surface area contributed by atoms with Crippen molar-refractivity contribution in [2.75, 3.05) is 13.1 Å². The van der Waals surface area contributed by atoms with E-state index in [2.05, 4.69) is 21.6 Å². The number of alkyl halides is 3. The van der Waals surface area contributed by atoms with Gasteiger partial charge in [0.1, 0.15) is 5.75 Å². The summed E-state index contributed by atoms with van der Waals surface area (Å²) in [6, 6.07) is 5.41. The quantitative estimate of drug-likeness (QED) is 0.642. The smallest absolute Gasteiger partial charge is 0.406 e. The molecule has 0 spiro atoms. The standard InChI is InChI=1S/C16H22F3N5O/c1-11-3-2-8-24(10-11)15(21)23-14(20)22-9-12-4-6-13(7-5-12)25-16(17,18)19/h4-7,11H,2-3,8-10H2,1H3,(H4,20,21,22,23). The fourth-order valence-electron chi connectivity index (χ4n) is 2.59. The summed E-state index contributed by atoms with van der Waals surface area (Å²) in [6.45, 7) is 4.02. The van der Waals surface area contributed by atoms with Crippen LogP contribution in [-0.4, -0.2) is 36.3 Å². The number of ether oxygens (including phenoxy) is 1. The molecule has 4 N–H and O–H groups in total. The lowest BCUT2D eigenvalue weighted by Crippen LogP contribution is -2.44. The Bertz CT molecular complexity index is 628. The van der Waals surface area contributed by atoms with E-state index in [1.165, 1.54) is 30.7 Å². The minimum atomic E-state index is -4.71. The number of likely N-dealkylation sites (tertiary alicyclic amines) is 1. The van der Waals surface area contributed by atoms with Crippen LogP contribution >= 0.6 is 0 Å². The first-order valence-electron chi connectivity index (χ1n) is 7.96. The van der Waals surface area contributed by atoms with Gasteiger partial charge in [0.15, 0.2) is 5.96 Å². The highest BCUT2D eigenvalue weighted by molar-refractivity contribution is 5.93. The van der Waals surface area contributed by atoms with Crippen molar-refractivity contribution in [3.63, 3.8) is 0 Å². The van der Waals surface area contributed by atoms with Crippen molar-refractivity contribution in [3.8, 4) is 5.75 Å². The van der Waals surface area contributed by atoms with E-state index in [0.29, 0.717) is 17.4 Å². The lowest BCUT2D eigenvalue weighted by atomic mass is 10.0. The summed E-state index contributed by atoms with van der Waals surface area (Å²) in [4.78, 5) is 10.2. The summed E-state index contributed by atoms with van der Waals surface area (Å²) in [5.74, 6) is 0.640. The van der Waals surface area contributed by atoms with E-state index in [-0.39, 0.29) is 18.3 Å². The monoisotopic (exact) mass is 357 g/mol. The van der Waals surface area contributed by atoms with Crippen LogP contribution in [0.5, 0.6) is 5.75 Å². The summed E-state index contributed by atoms with van der Waals surface area (Å²) in [5, 5.41) is 0. The third-order valence-corrected chi connectivity index (χ3v) is 3.79. The molecular formula is C16H22F3N5O. The van der Waals surface area contributed by atoms with Crippen molar-refractivity contribution in [2.45, 2.75) is 32.7 Å². The van der Waals surface area contributed by atoms with Crippen LogP contribution in [0.25, 0.3) is 0 Å². The molecule has 9 heteroatoms. The van der Waals surface area contributed by atoms with E-state index in [1.54, 1.807) is 0 Å². The van der Waals surface area contributed by atoms with Crippen LogP contribution in [-0.2, 0) is 6.54 Å². The van der Waals surface area contributed by atoms with Crippen LogP contribution in [0, 0.1) is 5.92 Å². The molecule has 0 amide bonds. The zero-order valence-corrected chi connectivity index (χ0v) is 14.0. The maximum Gasteiger partial charge on any atom is 0.573 e. The minimum absolute atomic E-state index is 0.0337. The minimum Gasteiger partial charge on any atom is -0.406 e. The van der Waals surface area contributed by atoms with Gasteiger partial charge < -0.3 is 21.1 Å². The summed E-state index contributed by atoms with van der Waals surface area (Å²) in [5.41, 5.74) is 12.4. The SMILES string of the molecule is CC1CCCN(C(N)=NC(N)=NCc2ccc(OC(F)(F)F)cc2)C1. The number of piperidine rings is 1. The van der Waals surface area contributed by atoms with Gasteiger partial charge in [0.05, 0.1) is 6.54 Å². The fourth-order valence-corrected chi connectivity index (χ4v) is 2.59. The molecule has 25 heavy (non-hydrogen) atoms. The molecule has 0 aliphatic carbocycles. The van der Waals surface area contributed by atoms with Crippen LogP contribution in [0.4, 0.5) is 13.2 Å². The van der Waals surface area contributed by atoms with Gasteiger partial charge in [-0.1, -0.05) is 19.1 Å². The van der Waals surface area contributed by atoms with Crippen LogP contribution in [0.15, 0.2) is 34.3 Å². The Labute approximate surface area is 144 Å². The van der Waals surface area contributed by atoms with Gasteiger partial charge in [0.25, 0.3) is 0 Å². The fraction of sp³-hybridized carbons (Fsp3) is 0.500. The number of nitrogens with zero attached hydrogens (tertiary/aromatic N) is 3. The van der Waals surface area contributed by atoms with E-state index in [9.17, 15) is 13.2 Å². The molecule has 2 rings (SSSR count). The summed E-state index contributed by atoms with van der Waals surface area (Å²) >= 11 is 0. The number of hydrogen-bond acceptors (Lipinski definition) is 2. The highest BCUT2D eigenvalue weighted by atomic mass is 19.4. The maximum atomic E-state index is 12.1. The van der Waals surface area contributed by atoms with Crippen molar-refractivity contribution in [2.24, 2.45) is 27.4 Å². The predicted octanol–water partition coefficient (Wildman–Crippen LogP) is 2.45. The van der Waals surface area contributed by atoms with E-state index < -0.39 is 6.36 Å². The first-order valence-corrected chi connectivity index (χ1v) is 7.96. The van der Waals surface area contributed by atoms with Crippen molar-refractivity contribution >= 4 is 11.9 Å². The van der Waals surface area contributed by atoms with Crippen molar-refractivity contribution in [3.05, 3.63) is 29.8 Å². The summed E-state index contributed by atoms with van der Waals surface area (Å²) < 4.78 is 40.1. The first kappa shape index (κ1) is 18.9. The average Bonchev–Trinajstić information content (AvgIpc) is 2.53. The van der Waals surface area contributed by atoms with Crippen LogP contribution in [0.1, 0.15) is 25.3 Å². The Balaban J connectivity index is 1.92. The molecule has 0 saturated carbocycles. The summed E-state index contributed by atoms with van der Waals surface area (Å²) in [6.07, 6.45) is -2.48. The highest BCUT2D eigenvalue weighted by Crippen LogP contribution is 2.22. The first-order chi connectivity index (χ1) is 11.7. The normalized spacial score (nSPS) is 19.8. The maximum absolute atomic E-state index is 12.1. The Morgan fingerprint density at radius 3 is 2.56 bits per heavy atom. The topological polar surface area (TPSA) is 89.2 Å².